The van der Waals surface area contributed by atoms with Crippen molar-refractivity contribution in [3.63, 3.8) is 0 Å². The second-order valence-corrected chi connectivity index (χ2v) is 3.64. The normalized spacial score (nSPS) is 12.2. The lowest BCUT2D eigenvalue weighted by Gasteiger charge is -2.10. The fourth-order valence-electron chi connectivity index (χ4n) is 1.35. The van der Waals surface area contributed by atoms with Gasteiger partial charge in [-0.25, -0.2) is 0 Å². The van der Waals surface area contributed by atoms with Crippen LogP contribution < -0.4 is 5.32 Å². The smallest absolute Gasteiger partial charge is 0.219 e. The zero-order valence-electron chi connectivity index (χ0n) is 9.16. The van der Waals surface area contributed by atoms with Crippen LogP contribution in [0.5, 0.6) is 0 Å². The predicted octanol–water partition coefficient (Wildman–Crippen LogP) is 1.55. The van der Waals surface area contributed by atoms with Crippen LogP contribution >= 0.6 is 0 Å². The largest absolute Gasteiger partial charge is 0.388 e. The Kier molecular flexibility index (Phi) is 4.31. The standard InChI is InChI=1S/C12H17NO2/c1-9-3-5-10(6-4-9)11(14)7-8-12(15)13-2/h3-6,11,14H,7-8H2,1-2H3,(H,13,15). The number of aliphatic hydroxyl groups is 1. The molecule has 0 saturated heterocycles. The molecule has 1 aromatic carbocycles. The molecular weight excluding hydrogens is 190 g/mol. The fourth-order valence-corrected chi connectivity index (χ4v) is 1.35. The number of carbonyl (C=O) groups excluding carboxylic acids is 1. The van der Waals surface area contributed by atoms with Crippen molar-refractivity contribution >= 4 is 5.91 Å². The number of nitrogens with one attached hydrogen (secondary N) is 1. The second kappa shape index (κ2) is 5.51. The first-order valence-electron chi connectivity index (χ1n) is 5.08. The molecule has 0 aliphatic carbocycles. The molecule has 1 aromatic rings. The van der Waals surface area contributed by atoms with E-state index in [4.69, 9.17) is 0 Å². The maximum absolute atomic E-state index is 11.0. The van der Waals surface area contributed by atoms with E-state index >= 15 is 0 Å². The Morgan fingerprint density at radius 1 is 1.40 bits per heavy atom. The van der Waals surface area contributed by atoms with Gasteiger partial charge in [0.25, 0.3) is 0 Å². The molecule has 0 spiro atoms. The van der Waals surface area contributed by atoms with Gasteiger partial charge in [-0.3, -0.25) is 4.79 Å². The summed E-state index contributed by atoms with van der Waals surface area (Å²) in [7, 11) is 1.60. The third kappa shape index (κ3) is 3.72. The van der Waals surface area contributed by atoms with Crippen molar-refractivity contribution in [2.24, 2.45) is 0 Å². The summed E-state index contributed by atoms with van der Waals surface area (Å²) in [6.45, 7) is 2.00. The Morgan fingerprint density at radius 2 is 2.00 bits per heavy atom. The molecule has 1 unspecified atom stereocenters. The first kappa shape index (κ1) is 11.7. The number of aryl methyl sites for hydroxylation is 1. The van der Waals surface area contributed by atoms with Crippen molar-refractivity contribution < 1.29 is 9.90 Å². The van der Waals surface area contributed by atoms with Crippen LogP contribution in [0.3, 0.4) is 0 Å². The number of aliphatic hydroxyl groups excluding tert-OH is 1. The zero-order chi connectivity index (χ0) is 11.3. The van der Waals surface area contributed by atoms with E-state index in [-0.39, 0.29) is 5.91 Å². The molecule has 0 aliphatic heterocycles. The highest BCUT2D eigenvalue weighted by atomic mass is 16.3. The van der Waals surface area contributed by atoms with Crippen molar-refractivity contribution in [3.05, 3.63) is 35.4 Å². The second-order valence-electron chi connectivity index (χ2n) is 3.64. The Balaban J connectivity index is 2.50. The van der Waals surface area contributed by atoms with E-state index in [0.29, 0.717) is 12.8 Å². The minimum absolute atomic E-state index is 0.0406. The van der Waals surface area contributed by atoms with Gasteiger partial charge in [-0.2, -0.15) is 0 Å². The topological polar surface area (TPSA) is 49.3 Å². The lowest BCUT2D eigenvalue weighted by atomic mass is 10.0. The van der Waals surface area contributed by atoms with Gasteiger partial charge in [0.1, 0.15) is 0 Å². The Hall–Kier alpha value is -1.35. The van der Waals surface area contributed by atoms with Gasteiger partial charge in [-0.1, -0.05) is 29.8 Å². The Bertz CT molecular complexity index is 319. The molecule has 0 bridgehead atoms. The summed E-state index contributed by atoms with van der Waals surface area (Å²) in [5.74, 6) is -0.0406. The molecule has 0 fully saturated rings. The van der Waals surface area contributed by atoms with Crippen LogP contribution in [-0.4, -0.2) is 18.1 Å². The summed E-state index contributed by atoms with van der Waals surface area (Å²) < 4.78 is 0. The summed E-state index contributed by atoms with van der Waals surface area (Å²) in [5.41, 5.74) is 2.03. The molecular formula is C12H17NO2. The quantitative estimate of drug-likeness (QED) is 0.787. The molecule has 0 radical (unpaired) electrons. The molecule has 0 heterocycles. The lowest BCUT2D eigenvalue weighted by Crippen LogP contribution is -2.18. The average molecular weight is 207 g/mol. The van der Waals surface area contributed by atoms with Gasteiger partial charge in [0.15, 0.2) is 0 Å². The number of hydrogen-bond acceptors (Lipinski definition) is 2. The number of rotatable bonds is 4. The molecule has 82 valence electrons. The van der Waals surface area contributed by atoms with Crippen LogP contribution in [0.4, 0.5) is 0 Å². The fraction of sp³-hybridized carbons (Fsp3) is 0.417. The molecule has 0 saturated carbocycles. The van der Waals surface area contributed by atoms with Crippen LogP contribution in [0.1, 0.15) is 30.1 Å². The van der Waals surface area contributed by atoms with Gasteiger partial charge >= 0.3 is 0 Å². The number of benzene rings is 1. The molecule has 1 amide bonds. The highest BCUT2D eigenvalue weighted by molar-refractivity contribution is 5.75. The molecule has 3 nitrogen and oxygen atoms in total. The molecule has 1 atom stereocenters. The monoisotopic (exact) mass is 207 g/mol. The molecule has 1 rings (SSSR count). The third-order valence-corrected chi connectivity index (χ3v) is 2.39. The number of carbonyl (C=O) groups is 1. The van der Waals surface area contributed by atoms with Gasteiger partial charge in [0.2, 0.25) is 5.91 Å². The summed E-state index contributed by atoms with van der Waals surface area (Å²) in [5, 5.41) is 12.3. The molecule has 15 heavy (non-hydrogen) atoms. The maximum Gasteiger partial charge on any atom is 0.219 e. The third-order valence-electron chi connectivity index (χ3n) is 2.39. The van der Waals surface area contributed by atoms with E-state index in [2.05, 4.69) is 5.32 Å². The molecule has 2 N–H and O–H groups in total. The first-order chi connectivity index (χ1) is 7.13. The minimum Gasteiger partial charge on any atom is -0.388 e. The van der Waals surface area contributed by atoms with Crippen LogP contribution in [-0.2, 0) is 4.79 Å². The van der Waals surface area contributed by atoms with Crippen molar-refractivity contribution in [1.82, 2.24) is 5.32 Å². The lowest BCUT2D eigenvalue weighted by molar-refractivity contribution is -0.121. The molecule has 3 heteroatoms. The van der Waals surface area contributed by atoms with E-state index in [9.17, 15) is 9.90 Å². The van der Waals surface area contributed by atoms with Gasteiger partial charge in [-0.15, -0.1) is 0 Å². The Morgan fingerprint density at radius 3 is 2.53 bits per heavy atom. The van der Waals surface area contributed by atoms with Crippen molar-refractivity contribution in [2.45, 2.75) is 25.9 Å². The summed E-state index contributed by atoms with van der Waals surface area (Å²) >= 11 is 0. The zero-order valence-corrected chi connectivity index (χ0v) is 9.16. The van der Waals surface area contributed by atoms with Gasteiger partial charge in [-0.05, 0) is 18.9 Å². The van der Waals surface area contributed by atoms with E-state index in [1.807, 2.05) is 31.2 Å². The van der Waals surface area contributed by atoms with E-state index < -0.39 is 6.10 Å². The SMILES string of the molecule is CNC(=O)CCC(O)c1ccc(C)cc1. The predicted molar refractivity (Wildman–Crippen MR) is 59.4 cm³/mol. The number of hydrogen-bond donors (Lipinski definition) is 2. The van der Waals surface area contributed by atoms with Crippen molar-refractivity contribution in [2.75, 3.05) is 7.05 Å². The van der Waals surface area contributed by atoms with E-state index in [1.165, 1.54) is 0 Å². The van der Waals surface area contributed by atoms with Crippen molar-refractivity contribution in [3.8, 4) is 0 Å². The van der Waals surface area contributed by atoms with E-state index in [1.54, 1.807) is 7.05 Å². The Labute approximate surface area is 90.1 Å². The molecule has 0 aromatic heterocycles. The summed E-state index contributed by atoms with van der Waals surface area (Å²) in [6, 6.07) is 7.70. The summed E-state index contributed by atoms with van der Waals surface area (Å²) in [6.07, 6.45) is 0.261. The van der Waals surface area contributed by atoms with Crippen LogP contribution in [0, 0.1) is 6.92 Å². The maximum atomic E-state index is 11.0. The van der Waals surface area contributed by atoms with Gasteiger partial charge in [0.05, 0.1) is 6.10 Å². The van der Waals surface area contributed by atoms with Crippen LogP contribution in [0.25, 0.3) is 0 Å². The van der Waals surface area contributed by atoms with Crippen LogP contribution in [0.15, 0.2) is 24.3 Å². The van der Waals surface area contributed by atoms with E-state index in [0.717, 1.165) is 11.1 Å². The summed E-state index contributed by atoms with van der Waals surface area (Å²) in [4.78, 5) is 11.0. The number of amides is 1. The minimum atomic E-state index is -0.553. The van der Waals surface area contributed by atoms with Gasteiger partial charge in [0, 0.05) is 13.5 Å². The highest BCUT2D eigenvalue weighted by Crippen LogP contribution is 2.18. The van der Waals surface area contributed by atoms with Crippen LogP contribution in [0.2, 0.25) is 0 Å². The molecule has 0 aliphatic rings. The highest BCUT2D eigenvalue weighted by Gasteiger charge is 2.09. The first-order valence-corrected chi connectivity index (χ1v) is 5.08. The van der Waals surface area contributed by atoms with Gasteiger partial charge < -0.3 is 10.4 Å². The average Bonchev–Trinajstić information content (AvgIpc) is 2.26. The van der Waals surface area contributed by atoms with Crippen molar-refractivity contribution in [1.29, 1.82) is 0 Å².